The van der Waals surface area contributed by atoms with E-state index in [4.69, 9.17) is 28.4 Å². The summed E-state index contributed by atoms with van der Waals surface area (Å²) in [6.45, 7) is 6.03. The van der Waals surface area contributed by atoms with Gasteiger partial charge in [-0.15, -0.1) is 0 Å². The molecule has 218 valence electrons. The van der Waals surface area contributed by atoms with Crippen LogP contribution in [0.25, 0.3) is 0 Å². The minimum absolute atomic E-state index is 0.179. The van der Waals surface area contributed by atoms with Crippen LogP contribution >= 0.6 is 0 Å². The van der Waals surface area contributed by atoms with E-state index in [0.29, 0.717) is 24.3 Å². The van der Waals surface area contributed by atoms with Gasteiger partial charge in [0.15, 0.2) is 12.2 Å². The molecular weight excluding hydrogens is 512 g/mol. The van der Waals surface area contributed by atoms with Gasteiger partial charge in [-0.3, -0.25) is 0 Å². The first-order valence-corrected chi connectivity index (χ1v) is 14.7. The van der Waals surface area contributed by atoms with Crippen molar-refractivity contribution < 1.29 is 38.0 Å². The SMILES string of the molecule is CCCCCCOc1ccc(C(=O)OC2CO[C@@H]3[C@@H](OC(=O)c4ccc(OCCCCCC)cc4)CO[C@H]23)cc1. The van der Waals surface area contributed by atoms with Gasteiger partial charge in [-0.25, -0.2) is 9.59 Å². The molecule has 2 saturated heterocycles. The molecule has 1 unspecified atom stereocenters. The average molecular weight is 555 g/mol. The minimum Gasteiger partial charge on any atom is -0.494 e. The molecule has 0 amide bonds. The summed E-state index contributed by atoms with van der Waals surface area (Å²) < 4.78 is 34.6. The molecule has 0 bridgehead atoms. The highest BCUT2D eigenvalue weighted by molar-refractivity contribution is 5.90. The van der Waals surface area contributed by atoms with Crippen LogP contribution in [0.3, 0.4) is 0 Å². The third-order valence-electron chi connectivity index (χ3n) is 7.19. The Morgan fingerprint density at radius 3 is 1.40 bits per heavy atom. The first-order chi connectivity index (χ1) is 19.6. The van der Waals surface area contributed by atoms with Gasteiger partial charge in [-0.1, -0.05) is 52.4 Å². The summed E-state index contributed by atoms with van der Waals surface area (Å²) >= 11 is 0. The van der Waals surface area contributed by atoms with Crippen LogP contribution in [-0.4, -0.2) is 62.8 Å². The lowest BCUT2D eigenvalue weighted by atomic mass is 10.1. The van der Waals surface area contributed by atoms with Crippen LogP contribution in [-0.2, 0) is 18.9 Å². The first kappa shape index (κ1) is 29.9. The number of carbonyl (C=O) groups excluding carboxylic acids is 2. The van der Waals surface area contributed by atoms with Crippen molar-refractivity contribution in [3.8, 4) is 11.5 Å². The standard InChI is InChI=1S/C32H42O8/c1-3-5-7-9-19-35-25-15-11-23(12-16-25)31(33)39-27-21-37-30-28(22-38-29(27)30)40-32(34)24-13-17-26(18-14-24)36-20-10-8-6-4-2/h11-18,27-30H,3-10,19-22H2,1-2H3/t27-,28?,29+,30+/m0/s1. The number of rotatable bonds is 16. The van der Waals surface area contributed by atoms with Crippen molar-refractivity contribution in [3.63, 3.8) is 0 Å². The second kappa shape index (κ2) is 15.6. The van der Waals surface area contributed by atoms with Gasteiger partial charge in [-0.05, 0) is 61.4 Å². The van der Waals surface area contributed by atoms with Gasteiger partial charge in [0.25, 0.3) is 0 Å². The van der Waals surface area contributed by atoms with E-state index < -0.39 is 36.4 Å². The normalized spacial score (nSPS) is 21.6. The smallest absolute Gasteiger partial charge is 0.338 e. The predicted octanol–water partition coefficient (Wildman–Crippen LogP) is 6.15. The molecule has 0 aliphatic carbocycles. The van der Waals surface area contributed by atoms with E-state index in [1.54, 1.807) is 48.5 Å². The van der Waals surface area contributed by atoms with Crippen LogP contribution in [0, 0.1) is 0 Å². The first-order valence-electron chi connectivity index (χ1n) is 14.7. The Labute approximate surface area is 237 Å². The van der Waals surface area contributed by atoms with Gasteiger partial charge < -0.3 is 28.4 Å². The number of carbonyl (C=O) groups is 2. The zero-order chi connectivity index (χ0) is 28.2. The molecule has 8 nitrogen and oxygen atoms in total. The van der Waals surface area contributed by atoms with Crippen molar-refractivity contribution in [1.29, 1.82) is 0 Å². The maximum Gasteiger partial charge on any atom is 0.338 e. The molecule has 4 atom stereocenters. The van der Waals surface area contributed by atoms with Crippen LogP contribution in [0.4, 0.5) is 0 Å². The average Bonchev–Trinajstić information content (AvgIpc) is 3.56. The lowest BCUT2D eigenvalue weighted by Crippen LogP contribution is -2.36. The Bertz CT molecular complexity index is 966. The number of hydrogen-bond acceptors (Lipinski definition) is 8. The van der Waals surface area contributed by atoms with Gasteiger partial charge in [0.2, 0.25) is 0 Å². The van der Waals surface area contributed by atoms with E-state index in [1.807, 2.05) is 0 Å². The van der Waals surface area contributed by atoms with Crippen LogP contribution in [0.1, 0.15) is 85.9 Å². The Balaban J connectivity index is 1.20. The topological polar surface area (TPSA) is 89.5 Å². The molecule has 2 fully saturated rings. The molecule has 2 aromatic carbocycles. The fourth-order valence-electron chi connectivity index (χ4n) is 4.85. The van der Waals surface area contributed by atoms with E-state index >= 15 is 0 Å². The molecule has 0 radical (unpaired) electrons. The van der Waals surface area contributed by atoms with Crippen molar-refractivity contribution in [2.75, 3.05) is 26.4 Å². The van der Waals surface area contributed by atoms with E-state index in [0.717, 1.165) is 37.2 Å². The maximum atomic E-state index is 12.7. The van der Waals surface area contributed by atoms with Gasteiger partial charge in [0.05, 0.1) is 37.6 Å². The van der Waals surface area contributed by atoms with E-state index in [1.165, 1.54) is 25.7 Å². The summed E-state index contributed by atoms with van der Waals surface area (Å²) in [7, 11) is 0. The lowest BCUT2D eigenvalue weighted by molar-refractivity contribution is -0.0287. The maximum absolute atomic E-state index is 12.7. The molecule has 0 aromatic heterocycles. The molecule has 0 N–H and O–H groups in total. The number of fused-ring (bicyclic) bond motifs is 1. The number of benzene rings is 2. The molecule has 40 heavy (non-hydrogen) atoms. The highest BCUT2D eigenvalue weighted by Crippen LogP contribution is 2.31. The summed E-state index contributed by atoms with van der Waals surface area (Å²) in [5.74, 6) is 0.539. The zero-order valence-electron chi connectivity index (χ0n) is 23.7. The summed E-state index contributed by atoms with van der Waals surface area (Å²) in [4.78, 5) is 25.5. The quantitative estimate of drug-likeness (QED) is 0.180. The largest absolute Gasteiger partial charge is 0.494 e. The minimum atomic E-state index is -0.579. The van der Waals surface area contributed by atoms with E-state index in [9.17, 15) is 9.59 Å². The van der Waals surface area contributed by atoms with Crippen LogP contribution in [0.15, 0.2) is 48.5 Å². The third-order valence-corrected chi connectivity index (χ3v) is 7.19. The van der Waals surface area contributed by atoms with Crippen molar-refractivity contribution in [1.82, 2.24) is 0 Å². The van der Waals surface area contributed by atoms with Crippen LogP contribution in [0.2, 0.25) is 0 Å². The fourth-order valence-corrected chi connectivity index (χ4v) is 4.85. The number of hydrogen-bond donors (Lipinski definition) is 0. The second-order valence-corrected chi connectivity index (χ2v) is 10.4. The Morgan fingerprint density at radius 2 is 1.02 bits per heavy atom. The Hall–Kier alpha value is -3.10. The Morgan fingerprint density at radius 1 is 0.625 bits per heavy atom. The van der Waals surface area contributed by atoms with Crippen molar-refractivity contribution in [2.24, 2.45) is 0 Å². The summed E-state index contributed by atoms with van der Waals surface area (Å²) in [6.07, 6.45) is 6.97. The molecule has 8 heteroatoms. The molecular formula is C32H42O8. The molecule has 0 saturated carbocycles. The predicted molar refractivity (Wildman–Crippen MR) is 150 cm³/mol. The monoisotopic (exact) mass is 554 g/mol. The van der Waals surface area contributed by atoms with Gasteiger partial charge in [-0.2, -0.15) is 0 Å². The highest BCUT2D eigenvalue weighted by Gasteiger charge is 2.51. The summed E-state index contributed by atoms with van der Waals surface area (Å²) in [5.41, 5.74) is 0.854. The summed E-state index contributed by atoms with van der Waals surface area (Å²) in [6, 6.07) is 13.9. The third kappa shape index (κ3) is 8.45. The highest BCUT2D eigenvalue weighted by atomic mass is 16.7. The van der Waals surface area contributed by atoms with Crippen molar-refractivity contribution in [2.45, 2.75) is 89.6 Å². The summed E-state index contributed by atoms with van der Waals surface area (Å²) in [5, 5.41) is 0. The van der Waals surface area contributed by atoms with E-state index in [2.05, 4.69) is 13.8 Å². The van der Waals surface area contributed by atoms with Crippen LogP contribution in [0.5, 0.6) is 11.5 Å². The molecule has 2 aliphatic heterocycles. The lowest BCUT2D eigenvalue weighted by Gasteiger charge is -2.17. The number of ether oxygens (including phenoxy) is 6. The van der Waals surface area contributed by atoms with Gasteiger partial charge in [0.1, 0.15) is 23.7 Å². The number of esters is 2. The van der Waals surface area contributed by atoms with Crippen molar-refractivity contribution in [3.05, 3.63) is 59.7 Å². The second-order valence-electron chi connectivity index (χ2n) is 10.4. The fraction of sp³-hybridized carbons (Fsp3) is 0.562. The Kier molecular flexibility index (Phi) is 11.7. The number of unbranched alkanes of at least 4 members (excludes halogenated alkanes) is 6. The molecule has 2 aliphatic rings. The molecule has 4 rings (SSSR count). The van der Waals surface area contributed by atoms with E-state index in [-0.39, 0.29) is 13.2 Å². The zero-order valence-corrected chi connectivity index (χ0v) is 23.7. The molecule has 2 heterocycles. The molecule has 2 aromatic rings. The van der Waals surface area contributed by atoms with Gasteiger partial charge >= 0.3 is 11.9 Å². The van der Waals surface area contributed by atoms with Crippen molar-refractivity contribution >= 4 is 11.9 Å². The van der Waals surface area contributed by atoms with Gasteiger partial charge in [0, 0.05) is 0 Å². The molecule has 0 spiro atoms. The van der Waals surface area contributed by atoms with Crippen LogP contribution < -0.4 is 9.47 Å².